The number of ether oxygens (including phenoxy) is 1. The Kier molecular flexibility index (Phi) is 12.8. The average Bonchev–Trinajstić information content (AvgIpc) is 3.75. The summed E-state index contributed by atoms with van der Waals surface area (Å²) in [7, 11) is 0. The number of nitrogens with two attached hydrogens (primary N) is 1. The second kappa shape index (κ2) is 17.5. The van der Waals surface area contributed by atoms with Gasteiger partial charge in [0.25, 0.3) is 0 Å². The zero-order valence-electron chi connectivity index (χ0n) is 31.0. The van der Waals surface area contributed by atoms with Crippen molar-refractivity contribution in [2.75, 3.05) is 37.2 Å². The van der Waals surface area contributed by atoms with Gasteiger partial charge in [-0.25, -0.2) is 4.98 Å². The number of carbonyl (C=O) groups is 4. The number of aromatic nitrogens is 3. The van der Waals surface area contributed by atoms with E-state index in [1.54, 1.807) is 47.2 Å². The number of amides is 3. The number of likely N-dealkylation sites (tertiary alicyclic amines) is 1. The van der Waals surface area contributed by atoms with Crippen molar-refractivity contribution in [3.63, 3.8) is 0 Å². The highest BCUT2D eigenvalue weighted by Crippen LogP contribution is 2.31. The Balaban J connectivity index is 1.17. The van der Waals surface area contributed by atoms with Gasteiger partial charge >= 0.3 is 5.97 Å². The molecule has 1 aliphatic heterocycles. The van der Waals surface area contributed by atoms with Crippen LogP contribution in [0.2, 0.25) is 0 Å². The van der Waals surface area contributed by atoms with E-state index in [0.717, 1.165) is 21.7 Å². The molecule has 54 heavy (non-hydrogen) atoms. The molecule has 0 spiro atoms. The van der Waals surface area contributed by atoms with Gasteiger partial charge in [0.15, 0.2) is 5.82 Å². The van der Waals surface area contributed by atoms with Crippen LogP contribution < -0.4 is 27.0 Å². The molecule has 4 aromatic rings. The minimum Gasteiger partial charge on any atom is -0.507 e. The number of carbonyl (C=O) groups excluding carboxylic acids is 4. The van der Waals surface area contributed by atoms with E-state index in [9.17, 15) is 24.3 Å². The van der Waals surface area contributed by atoms with E-state index < -0.39 is 41.4 Å². The molecule has 0 saturated carbocycles. The molecular formula is C38H47N9O6S. The van der Waals surface area contributed by atoms with Gasteiger partial charge in [-0.15, -0.1) is 21.5 Å². The molecule has 1 saturated heterocycles. The number of benzene rings is 2. The number of thiazole rings is 1. The van der Waals surface area contributed by atoms with E-state index in [-0.39, 0.29) is 43.5 Å². The van der Waals surface area contributed by atoms with E-state index in [1.165, 1.54) is 11.8 Å². The lowest BCUT2D eigenvalue weighted by atomic mass is 9.85. The molecule has 16 heteroatoms. The number of aryl methyl sites for hydroxylation is 1. The molecule has 3 heterocycles. The molecule has 0 bridgehead atoms. The molecule has 2 aromatic heterocycles. The lowest BCUT2D eigenvalue weighted by molar-refractivity contribution is -0.147. The maximum absolute atomic E-state index is 14.2. The summed E-state index contributed by atoms with van der Waals surface area (Å²) >= 11 is 1.56. The molecule has 1 aliphatic rings. The Bertz CT molecular complexity index is 1960. The van der Waals surface area contributed by atoms with E-state index >= 15 is 0 Å². The quantitative estimate of drug-likeness (QED) is 0.0808. The van der Waals surface area contributed by atoms with Crippen LogP contribution >= 0.6 is 11.3 Å². The van der Waals surface area contributed by atoms with Gasteiger partial charge in [-0.1, -0.05) is 57.2 Å². The third kappa shape index (κ3) is 10.1. The minimum atomic E-state index is -0.977. The van der Waals surface area contributed by atoms with Gasteiger partial charge in [0, 0.05) is 38.5 Å². The van der Waals surface area contributed by atoms with E-state index in [0.29, 0.717) is 30.0 Å². The number of aromatic hydroxyl groups is 1. The average molecular weight is 758 g/mol. The summed E-state index contributed by atoms with van der Waals surface area (Å²) in [6.07, 6.45) is -0.542. The Morgan fingerprint density at radius 2 is 1.81 bits per heavy atom. The number of nitrogens with zero attached hydrogens (tertiary/aromatic N) is 4. The van der Waals surface area contributed by atoms with Gasteiger partial charge in [0.2, 0.25) is 17.7 Å². The van der Waals surface area contributed by atoms with Gasteiger partial charge in [-0.2, -0.15) is 0 Å². The fraction of sp³-hybridized carbons (Fsp3) is 0.395. The highest BCUT2D eigenvalue weighted by molar-refractivity contribution is 7.13. The number of phenols is 1. The Hall–Kier alpha value is -5.61. The smallest absolute Gasteiger partial charge is 0.302 e. The lowest BCUT2D eigenvalue weighted by Gasteiger charge is -2.35. The normalized spacial score (nSPS) is 16.1. The van der Waals surface area contributed by atoms with Crippen molar-refractivity contribution in [2.24, 2.45) is 5.41 Å². The fourth-order valence-electron chi connectivity index (χ4n) is 6.15. The molecule has 15 nitrogen and oxygen atoms in total. The van der Waals surface area contributed by atoms with Crippen LogP contribution in [0.1, 0.15) is 45.4 Å². The molecule has 7 N–H and O–H groups in total. The molecule has 3 atom stereocenters. The maximum Gasteiger partial charge on any atom is 0.302 e. The van der Waals surface area contributed by atoms with Crippen molar-refractivity contribution in [1.82, 2.24) is 36.0 Å². The third-order valence-electron chi connectivity index (χ3n) is 8.93. The van der Waals surface area contributed by atoms with Gasteiger partial charge in [0.05, 0.1) is 40.6 Å². The molecule has 286 valence electrons. The number of nitrogen functional groups attached to an aromatic ring is 1. The van der Waals surface area contributed by atoms with E-state index in [4.69, 9.17) is 10.5 Å². The Morgan fingerprint density at radius 1 is 1.07 bits per heavy atom. The van der Waals surface area contributed by atoms with Gasteiger partial charge in [-0.05, 0) is 41.7 Å². The van der Waals surface area contributed by atoms with Crippen LogP contribution in [0.3, 0.4) is 0 Å². The molecule has 0 aliphatic carbocycles. The van der Waals surface area contributed by atoms with Crippen LogP contribution in [0.5, 0.6) is 5.75 Å². The molecule has 3 amide bonds. The lowest BCUT2D eigenvalue weighted by Crippen LogP contribution is -2.58. The molecule has 2 aromatic carbocycles. The highest BCUT2D eigenvalue weighted by atomic mass is 32.1. The van der Waals surface area contributed by atoms with Crippen LogP contribution in [0, 0.1) is 12.3 Å². The number of nitrogens with one attached hydrogen (secondary N) is 4. The van der Waals surface area contributed by atoms with Crippen LogP contribution in [0.25, 0.3) is 21.7 Å². The Labute approximate surface area is 318 Å². The summed E-state index contributed by atoms with van der Waals surface area (Å²) in [4.78, 5) is 59.6. The number of esters is 1. The summed E-state index contributed by atoms with van der Waals surface area (Å²) in [5.41, 5.74) is 11.4. The fourth-order valence-corrected chi connectivity index (χ4v) is 6.96. The zero-order chi connectivity index (χ0) is 39.0. The first-order chi connectivity index (χ1) is 25.7. The van der Waals surface area contributed by atoms with Crippen molar-refractivity contribution >= 4 is 46.5 Å². The predicted molar refractivity (Wildman–Crippen MR) is 206 cm³/mol. The maximum atomic E-state index is 14.2. The van der Waals surface area contributed by atoms with Crippen molar-refractivity contribution in [3.8, 4) is 27.4 Å². The van der Waals surface area contributed by atoms with E-state index in [2.05, 4.69) is 36.4 Å². The van der Waals surface area contributed by atoms with Crippen LogP contribution in [-0.2, 0) is 30.5 Å². The molecule has 5 rings (SSSR count). The van der Waals surface area contributed by atoms with Crippen molar-refractivity contribution in [3.05, 3.63) is 71.4 Å². The monoisotopic (exact) mass is 757 g/mol. The summed E-state index contributed by atoms with van der Waals surface area (Å²) < 4.78 is 5.44. The number of para-hydroxylation sites is 1. The summed E-state index contributed by atoms with van der Waals surface area (Å²) in [6, 6.07) is 14.4. The van der Waals surface area contributed by atoms with Gasteiger partial charge in [0.1, 0.15) is 23.9 Å². The SMILES string of the molecule is CC(=O)O[C@@H]1C[C@@H](C(=O)NCc2ccc(-c3scnc3C)cc2)N(C(=O)[C@@H](NC(=O)CNCCNc2cc(-c3ccccc3O)nnc2N)C(C)(C)C)C1. The number of hydrogen-bond donors (Lipinski definition) is 6. The molecule has 0 unspecified atom stereocenters. The number of hydrogen-bond acceptors (Lipinski definition) is 13. The second-order valence-electron chi connectivity index (χ2n) is 14.2. The zero-order valence-corrected chi connectivity index (χ0v) is 31.8. The first-order valence-electron chi connectivity index (χ1n) is 17.6. The first kappa shape index (κ1) is 39.6. The largest absolute Gasteiger partial charge is 0.507 e. The van der Waals surface area contributed by atoms with Gasteiger partial charge < -0.3 is 41.7 Å². The number of rotatable bonds is 14. The molecule has 1 fully saturated rings. The van der Waals surface area contributed by atoms with Crippen molar-refractivity contribution in [2.45, 2.75) is 65.8 Å². The van der Waals surface area contributed by atoms with Crippen LogP contribution in [-0.4, -0.2) is 93.2 Å². The highest BCUT2D eigenvalue weighted by Gasteiger charge is 2.45. The minimum absolute atomic E-state index is 0.0182. The van der Waals surface area contributed by atoms with Crippen molar-refractivity contribution in [1.29, 1.82) is 0 Å². The number of phenolic OH excluding ortho intramolecular Hbond substituents is 1. The van der Waals surface area contributed by atoms with Crippen LogP contribution in [0.4, 0.5) is 11.5 Å². The topological polar surface area (TPSA) is 214 Å². The van der Waals surface area contributed by atoms with Gasteiger partial charge in [-0.3, -0.25) is 19.2 Å². The third-order valence-corrected chi connectivity index (χ3v) is 9.91. The van der Waals surface area contributed by atoms with Crippen molar-refractivity contribution < 1.29 is 29.0 Å². The van der Waals surface area contributed by atoms with Crippen LogP contribution in [0.15, 0.2) is 60.1 Å². The standard InChI is InChI=1S/C38H47N9O6S/c1-22-33(54-21-43-22)25-12-10-24(11-13-25)18-42-36(51)30-16-26(53-23(2)48)20-47(30)37(52)34(38(3,4)5)44-32(50)19-40-14-15-41-29-17-28(45-46-35(29)39)27-8-6-7-9-31(27)49/h6-13,17,21,26,30,34,40,49H,14-16,18-20H2,1-5H3,(H2,39,46)(H,41,45)(H,42,51)(H,44,50)/t26-,30+,34-/m1/s1. The summed E-state index contributed by atoms with van der Waals surface area (Å²) in [5, 5.41) is 30.3. The summed E-state index contributed by atoms with van der Waals surface area (Å²) in [6.45, 7) is 9.64. The Morgan fingerprint density at radius 3 is 2.48 bits per heavy atom. The predicted octanol–water partition coefficient (Wildman–Crippen LogP) is 3.24. The first-order valence-corrected chi connectivity index (χ1v) is 18.5. The molecular weight excluding hydrogens is 711 g/mol. The number of anilines is 2. The van der Waals surface area contributed by atoms with E-state index in [1.807, 2.05) is 52.0 Å². The molecule has 0 radical (unpaired) electrons. The summed E-state index contributed by atoms with van der Waals surface area (Å²) in [5.74, 6) is -1.51. The second-order valence-corrected chi connectivity index (χ2v) is 15.0.